The third-order valence-corrected chi connectivity index (χ3v) is 3.39. The molecule has 1 saturated heterocycles. The largest absolute Gasteiger partial charge is 0.326 e. The fourth-order valence-corrected chi connectivity index (χ4v) is 2.67. The molecule has 1 aliphatic heterocycles. The molecule has 0 unspecified atom stereocenters. The fourth-order valence-electron chi connectivity index (χ4n) is 2.67. The van der Waals surface area contributed by atoms with E-state index in [-0.39, 0.29) is 12.4 Å². The van der Waals surface area contributed by atoms with Gasteiger partial charge in [-0.05, 0) is 38.8 Å². The van der Waals surface area contributed by atoms with Gasteiger partial charge >= 0.3 is 0 Å². The van der Waals surface area contributed by atoms with Crippen molar-refractivity contribution < 1.29 is 0 Å². The molecule has 0 spiro atoms. The quantitative estimate of drug-likeness (QED) is 0.706. The summed E-state index contributed by atoms with van der Waals surface area (Å²) in [5.41, 5.74) is 6.12. The molecule has 3 heteroatoms. The van der Waals surface area contributed by atoms with Crippen LogP contribution in [-0.2, 0) is 0 Å². The Kier molecular flexibility index (Phi) is 4.50. The Labute approximate surface area is 87.3 Å². The summed E-state index contributed by atoms with van der Waals surface area (Å²) in [5, 5.41) is 0. The van der Waals surface area contributed by atoms with Crippen molar-refractivity contribution in [2.75, 3.05) is 13.1 Å². The highest BCUT2D eigenvalue weighted by molar-refractivity contribution is 5.85. The Morgan fingerprint density at radius 2 is 1.54 bits per heavy atom. The van der Waals surface area contributed by atoms with Gasteiger partial charge in [0.15, 0.2) is 0 Å². The molecule has 0 radical (unpaired) electrons. The van der Waals surface area contributed by atoms with Crippen molar-refractivity contribution in [2.45, 2.75) is 50.6 Å². The maximum absolute atomic E-state index is 6.12. The molecule has 0 aromatic carbocycles. The predicted molar refractivity (Wildman–Crippen MR) is 58.3 cm³/mol. The SMILES string of the molecule is Cl.N[C@@H]1CCCC[C@@H]1N1CCCC1. The van der Waals surface area contributed by atoms with Gasteiger partial charge in [-0.25, -0.2) is 0 Å². The van der Waals surface area contributed by atoms with E-state index in [2.05, 4.69) is 4.90 Å². The maximum Gasteiger partial charge on any atom is 0.0247 e. The number of halogens is 1. The fraction of sp³-hybridized carbons (Fsp3) is 1.00. The number of nitrogens with two attached hydrogens (primary N) is 1. The maximum atomic E-state index is 6.12. The standard InChI is InChI=1S/C10H20N2.ClH/c11-9-5-1-2-6-10(9)12-7-3-4-8-12;/h9-10H,1-8,11H2;1H/t9-,10+;/m1./s1. The number of hydrogen-bond acceptors (Lipinski definition) is 2. The van der Waals surface area contributed by atoms with E-state index in [1.807, 2.05) is 0 Å². The molecule has 2 nitrogen and oxygen atoms in total. The lowest BCUT2D eigenvalue weighted by molar-refractivity contribution is 0.168. The normalized spacial score (nSPS) is 35.8. The van der Waals surface area contributed by atoms with Gasteiger partial charge in [0, 0.05) is 12.1 Å². The predicted octanol–water partition coefficient (Wildman–Crippen LogP) is 1.77. The van der Waals surface area contributed by atoms with Crippen LogP contribution in [0.2, 0.25) is 0 Å². The van der Waals surface area contributed by atoms with Crippen molar-refractivity contribution >= 4 is 12.4 Å². The highest BCUT2D eigenvalue weighted by Gasteiger charge is 2.28. The molecule has 1 saturated carbocycles. The lowest BCUT2D eigenvalue weighted by atomic mass is 9.90. The van der Waals surface area contributed by atoms with Crippen molar-refractivity contribution in [1.29, 1.82) is 0 Å². The zero-order chi connectivity index (χ0) is 8.39. The molecule has 0 aromatic rings. The van der Waals surface area contributed by atoms with E-state index in [4.69, 9.17) is 5.73 Å². The van der Waals surface area contributed by atoms with Gasteiger partial charge in [-0.2, -0.15) is 0 Å². The van der Waals surface area contributed by atoms with Crippen molar-refractivity contribution in [1.82, 2.24) is 4.90 Å². The van der Waals surface area contributed by atoms with Crippen LogP contribution in [0.1, 0.15) is 38.5 Å². The van der Waals surface area contributed by atoms with Crippen LogP contribution in [-0.4, -0.2) is 30.1 Å². The van der Waals surface area contributed by atoms with Crippen LogP contribution in [0.5, 0.6) is 0 Å². The molecule has 13 heavy (non-hydrogen) atoms. The first-order valence-electron chi connectivity index (χ1n) is 5.37. The highest BCUT2D eigenvalue weighted by Crippen LogP contribution is 2.24. The molecule has 2 atom stereocenters. The molecule has 2 fully saturated rings. The van der Waals surface area contributed by atoms with E-state index in [9.17, 15) is 0 Å². The van der Waals surface area contributed by atoms with Gasteiger partial charge in [0.2, 0.25) is 0 Å². The Morgan fingerprint density at radius 3 is 2.15 bits per heavy atom. The second-order valence-electron chi connectivity index (χ2n) is 4.26. The lowest BCUT2D eigenvalue weighted by Gasteiger charge is -2.35. The summed E-state index contributed by atoms with van der Waals surface area (Å²) in [7, 11) is 0. The van der Waals surface area contributed by atoms with Crippen molar-refractivity contribution in [3.05, 3.63) is 0 Å². The Hall–Kier alpha value is 0.210. The highest BCUT2D eigenvalue weighted by atomic mass is 35.5. The average molecular weight is 205 g/mol. The smallest absolute Gasteiger partial charge is 0.0247 e. The van der Waals surface area contributed by atoms with Crippen LogP contribution >= 0.6 is 12.4 Å². The van der Waals surface area contributed by atoms with Gasteiger partial charge in [0.05, 0.1) is 0 Å². The minimum absolute atomic E-state index is 0. The Bertz CT molecular complexity index is 146. The van der Waals surface area contributed by atoms with E-state index in [0.29, 0.717) is 6.04 Å². The summed E-state index contributed by atoms with van der Waals surface area (Å²) in [4.78, 5) is 2.61. The molecular formula is C10H21ClN2. The molecule has 2 aliphatic rings. The minimum atomic E-state index is 0. The van der Waals surface area contributed by atoms with Gasteiger partial charge in [-0.3, -0.25) is 4.90 Å². The summed E-state index contributed by atoms with van der Waals surface area (Å²) in [6.45, 7) is 2.61. The third kappa shape index (κ3) is 2.58. The first kappa shape index (κ1) is 11.3. The molecule has 2 N–H and O–H groups in total. The molecule has 0 bridgehead atoms. The van der Waals surface area contributed by atoms with E-state index in [1.165, 1.54) is 51.6 Å². The summed E-state index contributed by atoms with van der Waals surface area (Å²) in [6, 6.07) is 1.19. The van der Waals surface area contributed by atoms with Gasteiger partial charge < -0.3 is 5.73 Å². The average Bonchev–Trinajstić information content (AvgIpc) is 2.57. The van der Waals surface area contributed by atoms with Crippen LogP contribution in [0.4, 0.5) is 0 Å². The van der Waals surface area contributed by atoms with Crippen molar-refractivity contribution in [3.63, 3.8) is 0 Å². The van der Waals surface area contributed by atoms with Crippen LogP contribution in [0.25, 0.3) is 0 Å². The molecular weight excluding hydrogens is 184 g/mol. The van der Waals surface area contributed by atoms with Crippen LogP contribution in [0.3, 0.4) is 0 Å². The second kappa shape index (κ2) is 5.18. The number of hydrogen-bond donors (Lipinski definition) is 1. The first-order chi connectivity index (χ1) is 5.88. The lowest BCUT2D eigenvalue weighted by Crippen LogP contribution is -2.48. The van der Waals surface area contributed by atoms with Gasteiger partial charge in [-0.1, -0.05) is 12.8 Å². The van der Waals surface area contributed by atoms with E-state index < -0.39 is 0 Å². The molecule has 0 aromatic heterocycles. The summed E-state index contributed by atoms with van der Waals surface area (Å²) in [6.07, 6.45) is 8.13. The number of likely N-dealkylation sites (tertiary alicyclic amines) is 1. The minimum Gasteiger partial charge on any atom is -0.326 e. The van der Waals surface area contributed by atoms with E-state index in [1.54, 1.807) is 0 Å². The van der Waals surface area contributed by atoms with Crippen LogP contribution in [0.15, 0.2) is 0 Å². The Morgan fingerprint density at radius 1 is 0.923 bits per heavy atom. The number of rotatable bonds is 1. The summed E-state index contributed by atoms with van der Waals surface area (Å²) < 4.78 is 0. The second-order valence-corrected chi connectivity index (χ2v) is 4.26. The van der Waals surface area contributed by atoms with E-state index in [0.717, 1.165) is 6.04 Å². The molecule has 0 amide bonds. The van der Waals surface area contributed by atoms with E-state index >= 15 is 0 Å². The third-order valence-electron chi connectivity index (χ3n) is 3.39. The first-order valence-corrected chi connectivity index (χ1v) is 5.37. The molecule has 1 aliphatic carbocycles. The van der Waals surface area contributed by atoms with Crippen molar-refractivity contribution in [3.8, 4) is 0 Å². The molecule has 1 heterocycles. The van der Waals surface area contributed by atoms with Crippen molar-refractivity contribution in [2.24, 2.45) is 5.73 Å². The van der Waals surface area contributed by atoms with Gasteiger partial charge in [0.1, 0.15) is 0 Å². The number of nitrogens with zero attached hydrogens (tertiary/aromatic N) is 1. The summed E-state index contributed by atoms with van der Waals surface area (Å²) >= 11 is 0. The monoisotopic (exact) mass is 204 g/mol. The summed E-state index contributed by atoms with van der Waals surface area (Å²) in [5.74, 6) is 0. The van der Waals surface area contributed by atoms with Gasteiger partial charge in [0.25, 0.3) is 0 Å². The zero-order valence-corrected chi connectivity index (χ0v) is 9.06. The van der Waals surface area contributed by atoms with Crippen LogP contribution in [0, 0.1) is 0 Å². The zero-order valence-electron chi connectivity index (χ0n) is 8.24. The Balaban J connectivity index is 0.000000845. The van der Waals surface area contributed by atoms with Gasteiger partial charge in [-0.15, -0.1) is 12.4 Å². The molecule has 2 rings (SSSR count). The topological polar surface area (TPSA) is 29.3 Å². The molecule has 78 valence electrons. The van der Waals surface area contributed by atoms with Crippen LogP contribution < -0.4 is 5.73 Å².